The summed E-state index contributed by atoms with van der Waals surface area (Å²) in [5, 5.41) is 0. The second kappa shape index (κ2) is 9.33. The van der Waals surface area contributed by atoms with Gasteiger partial charge in [-0.2, -0.15) is 0 Å². The minimum absolute atomic E-state index is 0.0675. The molecule has 2 heterocycles. The molecular formula is C21H21N3O3. The van der Waals surface area contributed by atoms with Gasteiger partial charge in [-0.25, -0.2) is 4.98 Å². The zero-order valence-electron chi connectivity index (χ0n) is 15.1. The second-order valence-electron chi connectivity index (χ2n) is 5.79. The van der Waals surface area contributed by atoms with Gasteiger partial charge in [0.15, 0.2) is 6.61 Å². The lowest BCUT2D eigenvalue weighted by atomic mass is 10.3. The van der Waals surface area contributed by atoms with Crippen LogP contribution in [0, 0.1) is 0 Å². The molecule has 2 aromatic heterocycles. The monoisotopic (exact) mass is 363 g/mol. The zero-order chi connectivity index (χ0) is 18.9. The van der Waals surface area contributed by atoms with Crippen molar-refractivity contribution in [2.24, 2.45) is 0 Å². The molecule has 1 aromatic carbocycles. The number of amides is 1. The van der Waals surface area contributed by atoms with E-state index in [2.05, 4.69) is 9.97 Å². The Morgan fingerprint density at radius 3 is 2.67 bits per heavy atom. The maximum atomic E-state index is 12.6. The molecule has 0 N–H and O–H groups in total. The van der Waals surface area contributed by atoms with Crippen molar-refractivity contribution in [1.82, 2.24) is 9.97 Å². The van der Waals surface area contributed by atoms with Crippen LogP contribution in [0.25, 0.3) is 0 Å². The largest absolute Gasteiger partial charge is 0.484 e. The lowest BCUT2D eigenvalue weighted by Gasteiger charge is -2.22. The summed E-state index contributed by atoms with van der Waals surface area (Å²) in [6.07, 6.45) is 5.86. The molecule has 0 atom stereocenters. The smallest absolute Gasteiger partial charge is 0.264 e. The number of ether oxygens (including phenoxy) is 2. The molecule has 27 heavy (non-hydrogen) atoms. The molecule has 0 aliphatic heterocycles. The van der Waals surface area contributed by atoms with Gasteiger partial charge in [-0.3, -0.25) is 9.78 Å². The van der Waals surface area contributed by atoms with Crippen LogP contribution in [0.4, 0.5) is 5.69 Å². The summed E-state index contributed by atoms with van der Waals surface area (Å²) in [5.74, 6) is 1.52. The van der Waals surface area contributed by atoms with Crippen LogP contribution in [0.1, 0.15) is 13.3 Å². The molecule has 0 saturated heterocycles. The number of hydrogen-bond donors (Lipinski definition) is 0. The summed E-state index contributed by atoms with van der Waals surface area (Å²) in [4.78, 5) is 22.5. The van der Waals surface area contributed by atoms with E-state index in [0.717, 1.165) is 12.1 Å². The van der Waals surface area contributed by atoms with Gasteiger partial charge in [0.25, 0.3) is 5.91 Å². The van der Waals surface area contributed by atoms with Crippen molar-refractivity contribution in [2.45, 2.75) is 13.3 Å². The SMILES string of the molecule is CCCN(C(=O)COc1cccc(Oc2ccccn2)c1)c1cccnc1. The van der Waals surface area contributed by atoms with E-state index in [4.69, 9.17) is 9.47 Å². The molecular weight excluding hydrogens is 342 g/mol. The van der Waals surface area contributed by atoms with Crippen molar-refractivity contribution in [2.75, 3.05) is 18.1 Å². The number of carbonyl (C=O) groups excluding carboxylic acids is 1. The van der Waals surface area contributed by atoms with Crippen LogP contribution in [0.3, 0.4) is 0 Å². The Kier molecular flexibility index (Phi) is 6.35. The van der Waals surface area contributed by atoms with Crippen molar-refractivity contribution in [1.29, 1.82) is 0 Å². The molecule has 0 unspecified atom stereocenters. The van der Waals surface area contributed by atoms with Crippen molar-refractivity contribution < 1.29 is 14.3 Å². The molecule has 3 aromatic rings. The average Bonchev–Trinajstić information content (AvgIpc) is 2.72. The van der Waals surface area contributed by atoms with Gasteiger partial charge in [-0.1, -0.05) is 19.1 Å². The van der Waals surface area contributed by atoms with Crippen LogP contribution in [0.5, 0.6) is 17.4 Å². The van der Waals surface area contributed by atoms with Crippen LogP contribution in [-0.2, 0) is 4.79 Å². The molecule has 3 rings (SSSR count). The summed E-state index contributed by atoms with van der Waals surface area (Å²) in [6, 6.07) is 16.2. The lowest BCUT2D eigenvalue weighted by Crippen LogP contribution is -2.35. The Morgan fingerprint density at radius 2 is 1.93 bits per heavy atom. The summed E-state index contributed by atoms with van der Waals surface area (Å²) >= 11 is 0. The maximum Gasteiger partial charge on any atom is 0.264 e. The van der Waals surface area contributed by atoms with Crippen molar-refractivity contribution in [3.05, 3.63) is 73.2 Å². The van der Waals surface area contributed by atoms with Crippen LogP contribution in [0.15, 0.2) is 73.2 Å². The van der Waals surface area contributed by atoms with Crippen molar-refractivity contribution >= 4 is 11.6 Å². The zero-order valence-corrected chi connectivity index (χ0v) is 15.1. The molecule has 0 fully saturated rings. The van der Waals surface area contributed by atoms with Gasteiger partial charge in [0.05, 0.1) is 11.9 Å². The van der Waals surface area contributed by atoms with Gasteiger partial charge in [-0.05, 0) is 36.8 Å². The Balaban J connectivity index is 1.63. The first-order valence-electron chi connectivity index (χ1n) is 8.78. The third kappa shape index (κ3) is 5.28. The molecule has 0 radical (unpaired) electrons. The number of nitrogens with zero attached hydrogens (tertiary/aromatic N) is 3. The van der Waals surface area contributed by atoms with Crippen LogP contribution in [0.2, 0.25) is 0 Å². The predicted octanol–water partition coefficient (Wildman–Crippen LogP) is 4.09. The van der Waals surface area contributed by atoms with Crippen LogP contribution < -0.4 is 14.4 Å². The van der Waals surface area contributed by atoms with E-state index in [1.165, 1.54) is 0 Å². The van der Waals surface area contributed by atoms with E-state index in [1.807, 2.05) is 43.3 Å². The van der Waals surface area contributed by atoms with Gasteiger partial charge in [0.1, 0.15) is 11.5 Å². The van der Waals surface area contributed by atoms with Crippen LogP contribution in [-0.4, -0.2) is 29.0 Å². The number of anilines is 1. The molecule has 0 aliphatic carbocycles. The maximum absolute atomic E-state index is 12.6. The van der Waals surface area contributed by atoms with E-state index in [0.29, 0.717) is 23.9 Å². The number of aromatic nitrogens is 2. The normalized spacial score (nSPS) is 10.3. The van der Waals surface area contributed by atoms with Crippen molar-refractivity contribution in [3.63, 3.8) is 0 Å². The third-order valence-electron chi connectivity index (χ3n) is 3.73. The Hall–Kier alpha value is -3.41. The fourth-order valence-corrected chi connectivity index (χ4v) is 2.51. The Labute approximate surface area is 158 Å². The first kappa shape index (κ1) is 18.4. The van der Waals surface area contributed by atoms with Gasteiger partial charge >= 0.3 is 0 Å². The highest BCUT2D eigenvalue weighted by Gasteiger charge is 2.15. The molecule has 1 amide bonds. The fraction of sp³-hybridized carbons (Fsp3) is 0.190. The second-order valence-corrected chi connectivity index (χ2v) is 5.79. The first-order chi connectivity index (χ1) is 13.3. The van der Waals surface area contributed by atoms with Gasteiger partial charge in [0.2, 0.25) is 5.88 Å². The van der Waals surface area contributed by atoms with Gasteiger partial charge < -0.3 is 14.4 Å². The average molecular weight is 363 g/mol. The number of pyridine rings is 2. The topological polar surface area (TPSA) is 64.6 Å². The molecule has 138 valence electrons. The van der Waals surface area contributed by atoms with Gasteiger partial charge in [0, 0.05) is 31.1 Å². The number of rotatable bonds is 8. The Morgan fingerprint density at radius 1 is 1.04 bits per heavy atom. The molecule has 6 heteroatoms. The van der Waals surface area contributed by atoms with E-state index >= 15 is 0 Å². The summed E-state index contributed by atoms with van der Waals surface area (Å²) in [7, 11) is 0. The summed E-state index contributed by atoms with van der Waals surface area (Å²) in [5.41, 5.74) is 0.764. The molecule has 0 bridgehead atoms. The quantitative estimate of drug-likeness (QED) is 0.603. The van der Waals surface area contributed by atoms with Crippen LogP contribution >= 0.6 is 0 Å². The molecule has 0 spiro atoms. The molecule has 0 aliphatic rings. The molecule has 6 nitrogen and oxygen atoms in total. The number of hydrogen-bond acceptors (Lipinski definition) is 5. The number of benzene rings is 1. The van der Waals surface area contributed by atoms with Gasteiger partial charge in [-0.15, -0.1) is 0 Å². The third-order valence-corrected chi connectivity index (χ3v) is 3.73. The van der Waals surface area contributed by atoms with E-state index in [-0.39, 0.29) is 12.5 Å². The van der Waals surface area contributed by atoms with E-state index in [1.54, 1.807) is 41.7 Å². The summed E-state index contributed by atoms with van der Waals surface area (Å²) in [6.45, 7) is 2.56. The minimum atomic E-state index is -0.124. The standard InChI is InChI=1S/C21H21N3O3/c1-2-13-24(17-7-6-11-22-15-17)21(25)16-26-18-8-5-9-19(14-18)27-20-10-3-4-12-23-20/h3-12,14-15H,2,13,16H2,1H3. The predicted molar refractivity (Wildman–Crippen MR) is 103 cm³/mol. The highest BCUT2D eigenvalue weighted by Crippen LogP contribution is 2.24. The Bertz CT molecular complexity index is 857. The lowest BCUT2D eigenvalue weighted by molar-refractivity contribution is -0.120. The highest BCUT2D eigenvalue weighted by molar-refractivity contribution is 5.94. The number of carbonyl (C=O) groups is 1. The molecule has 0 saturated carbocycles. The minimum Gasteiger partial charge on any atom is -0.484 e. The highest BCUT2D eigenvalue weighted by atomic mass is 16.5. The fourth-order valence-electron chi connectivity index (χ4n) is 2.51. The summed E-state index contributed by atoms with van der Waals surface area (Å²) < 4.78 is 11.4. The van der Waals surface area contributed by atoms with E-state index < -0.39 is 0 Å². The van der Waals surface area contributed by atoms with E-state index in [9.17, 15) is 4.79 Å². The first-order valence-corrected chi connectivity index (χ1v) is 8.78. The van der Waals surface area contributed by atoms with Crippen molar-refractivity contribution in [3.8, 4) is 17.4 Å².